The molecule has 0 aliphatic carbocycles. The van der Waals surface area contributed by atoms with Crippen LogP contribution in [-0.2, 0) is 0 Å². The van der Waals surface area contributed by atoms with E-state index in [9.17, 15) is 4.79 Å². The van der Waals surface area contributed by atoms with E-state index in [1.54, 1.807) is 0 Å². The molecule has 0 saturated carbocycles. The number of nitrogens with two attached hydrogens (primary N) is 1. The molecule has 0 bridgehead atoms. The van der Waals surface area contributed by atoms with Crippen LogP contribution in [-0.4, -0.2) is 42.0 Å². The summed E-state index contributed by atoms with van der Waals surface area (Å²) in [5.41, 5.74) is 6.24. The van der Waals surface area contributed by atoms with Crippen molar-refractivity contribution in [2.45, 2.75) is 45.1 Å². The second kappa shape index (κ2) is 8.14. The number of nitrogens with one attached hydrogen (secondary N) is 1. The highest BCUT2D eigenvalue weighted by molar-refractivity contribution is 5.91. The van der Waals surface area contributed by atoms with Crippen molar-refractivity contribution in [2.75, 3.05) is 26.2 Å². The lowest BCUT2D eigenvalue weighted by Gasteiger charge is -2.26. The summed E-state index contributed by atoms with van der Waals surface area (Å²) in [5, 5.41) is 2.89. The number of hydrogen-bond donors (Lipinski definition) is 2. The van der Waals surface area contributed by atoms with E-state index >= 15 is 0 Å². The van der Waals surface area contributed by atoms with E-state index in [-0.39, 0.29) is 11.9 Å². The monoisotopic (exact) mass is 294 g/mol. The van der Waals surface area contributed by atoms with Gasteiger partial charge in [0.2, 0.25) is 5.89 Å². The second-order valence-corrected chi connectivity index (χ2v) is 5.62. The van der Waals surface area contributed by atoms with Crippen LogP contribution in [0.5, 0.6) is 0 Å². The predicted octanol–water partition coefficient (Wildman–Crippen LogP) is 1.69. The fourth-order valence-electron chi connectivity index (χ4n) is 2.60. The van der Waals surface area contributed by atoms with Crippen LogP contribution in [0, 0.1) is 0 Å². The van der Waals surface area contributed by atoms with Crippen molar-refractivity contribution in [1.29, 1.82) is 0 Å². The maximum atomic E-state index is 12.0. The number of carbonyl (C=O) groups excluding carboxylic acids is 1. The number of oxazole rings is 1. The Hall–Kier alpha value is -1.40. The van der Waals surface area contributed by atoms with Gasteiger partial charge in [-0.25, -0.2) is 4.98 Å². The Morgan fingerprint density at radius 3 is 2.95 bits per heavy atom. The molecule has 1 amide bonds. The third kappa shape index (κ3) is 4.82. The second-order valence-electron chi connectivity index (χ2n) is 5.62. The molecular formula is C15H26N4O2. The number of amides is 1. The minimum Gasteiger partial charge on any atom is -0.446 e. The average molecular weight is 294 g/mol. The summed E-state index contributed by atoms with van der Waals surface area (Å²) < 4.78 is 5.29. The molecule has 6 nitrogen and oxygen atoms in total. The van der Waals surface area contributed by atoms with Crippen LogP contribution < -0.4 is 11.1 Å². The van der Waals surface area contributed by atoms with Gasteiger partial charge in [-0.2, -0.15) is 0 Å². The molecule has 6 heteroatoms. The SMILES string of the molecule is CCCC(N)c1nc(C(=O)NCCN2CCCCC2)co1. The highest BCUT2D eigenvalue weighted by Crippen LogP contribution is 2.14. The number of piperidine rings is 1. The van der Waals surface area contributed by atoms with Crippen molar-refractivity contribution in [3.05, 3.63) is 17.8 Å². The minimum absolute atomic E-state index is 0.189. The van der Waals surface area contributed by atoms with Crippen LogP contribution >= 0.6 is 0 Å². The van der Waals surface area contributed by atoms with Crippen molar-refractivity contribution in [3.63, 3.8) is 0 Å². The van der Waals surface area contributed by atoms with Gasteiger partial charge in [-0.15, -0.1) is 0 Å². The van der Waals surface area contributed by atoms with Gasteiger partial charge in [-0.05, 0) is 32.4 Å². The highest BCUT2D eigenvalue weighted by Gasteiger charge is 2.16. The standard InChI is InChI=1S/C15H26N4O2/c1-2-6-12(16)15-18-13(11-21-15)14(20)17-7-10-19-8-4-3-5-9-19/h11-12H,2-10,16H2,1H3,(H,17,20). The molecule has 0 radical (unpaired) electrons. The molecule has 1 saturated heterocycles. The largest absolute Gasteiger partial charge is 0.446 e. The van der Waals surface area contributed by atoms with Crippen LogP contribution in [0.15, 0.2) is 10.7 Å². The molecule has 1 aliphatic heterocycles. The molecule has 1 fully saturated rings. The van der Waals surface area contributed by atoms with E-state index < -0.39 is 0 Å². The topological polar surface area (TPSA) is 84.4 Å². The van der Waals surface area contributed by atoms with Crippen molar-refractivity contribution >= 4 is 5.91 Å². The van der Waals surface area contributed by atoms with Crippen LogP contribution in [0.2, 0.25) is 0 Å². The molecule has 1 aromatic heterocycles. The van der Waals surface area contributed by atoms with Gasteiger partial charge in [0.05, 0.1) is 6.04 Å². The first kappa shape index (κ1) is 16.0. The smallest absolute Gasteiger partial charge is 0.273 e. The molecule has 0 aromatic carbocycles. The third-order valence-corrected chi connectivity index (χ3v) is 3.83. The predicted molar refractivity (Wildman–Crippen MR) is 81.0 cm³/mol. The van der Waals surface area contributed by atoms with Gasteiger partial charge in [-0.3, -0.25) is 4.79 Å². The molecule has 1 atom stereocenters. The average Bonchev–Trinajstić information content (AvgIpc) is 2.98. The Balaban J connectivity index is 1.75. The van der Waals surface area contributed by atoms with E-state index in [0.29, 0.717) is 18.1 Å². The molecule has 3 N–H and O–H groups in total. The molecule has 1 unspecified atom stereocenters. The Kier molecular flexibility index (Phi) is 6.20. The summed E-state index contributed by atoms with van der Waals surface area (Å²) in [7, 11) is 0. The van der Waals surface area contributed by atoms with E-state index in [2.05, 4.69) is 22.1 Å². The summed E-state index contributed by atoms with van der Waals surface area (Å²) in [4.78, 5) is 18.5. The zero-order valence-electron chi connectivity index (χ0n) is 12.8. The Morgan fingerprint density at radius 2 is 2.24 bits per heavy atom. The van der Waals surface area contributed by atoms with Gasteiger partial charge in [0.25, 0.3) is 5.91 Å². The maximum absolute atomic E-state index is 12.0. The van der Waals surface area contributed by atoms with Crippen LogP contribution in [0.25, 0.3) is 0 Å². The number of rotatable bonds is 7. The number of carbonyl (C=O) groups is 1. The number of aromatic nitrogens is 1. The summed E-state index contributed by atoms with van der Waals surface area (Å²) >= 11 is 0. The zero-order chi connectivity index (χ0) is 15.1. The minimum atomic E-state index is -0.232. The van der Waals surface area contributed by atoms with Crippen LogP contribution in [0.4, 0.5) is 0 Å². The molecule has 2 rings (SSSR count). The molecule has 118 valence electrons. The Morgan fingerprint density at radius 1 is 1.48 bits per heavy atom. The first-order valence-corrected chi connectivity index (χ1v) is 7.92. The number of hydrogen-bond acceptors (Lipinski definition) is 5. The Labute approximate surface area is 126 Å². The lowest BCUT2D eigenvalue weighted by molar-refractivity contribution is 0.0941. The van der Waals surface area contributed by atoms with Gasteiger partial charge < -0.3 is 20.4 Å². The highest BCUT2D eigenvalue weighted by atomic mass is 16.3. The maximum Gasteiger partial charge on any atom is 0.273 e. The van der Waals surface area contributed by atoms with Gasteiger partial charge in [0, 0.05) is 13.1 Å². The van der Waals surface area contributed by atoms with Crippen LogP contribution in [0.3, 0.4) is 0 Å². The molecule has 2 heterocycles. The molecule has 0 spiro atoms. The van der Waals surface area contributed by atoms with Gasteiger partial charge in [0.15, 0.2) is 5.69 Å². The first-order chi connectivity index (χ1) is 10.2. The summed E-state index contributed by atoms with van der Waals surface area (Å²) in [6.45, 7) is 5.86. The Bertz CT molecular complexity index is 441. The fourth-order valence-corrected chi connectivity index (χ4v) is 2.60. The third-order valence-electron chi connectivity index (χ3n) is 3.83. The molecule has 1 aliphatic rings. The molecule has 21 heavy (non-hydrogen) atoms. The number of nitrogens with zero attached hydrogens (tertiary/aromatic N) is 2. The summed E-state index contributed by atoms with van der Waals surface area (Å²) in [6.07, 6.45) is 6.99. The van der Waals surface area contributed by atoms with E-state index in [0.717, 1.165) is 32.5 Å². The quantitative estimate of drug-likeness (QED) is 0.799. The first-order valence-electron chi connectivity index (χ1n) is 7.92. The normalized spacial score (nSPS) is 17.6. The lowest BCUT2D eigenvalue weighted by atomic mass is 10.1. The van der Waals surface area contributed by atoms with Gasteiger partial charge in [-0.1, -0.05) is 19.8 Å². The molecular weight excluding hydrogens is 268 g/mol. The molecule has 1 aromatic rings. The van der Waals surface area contributed by atoms with Crippen molar-refractivity contribution in [3.8, 4) is 0 Å². The fraction of sp³-hybridized carbons (Fsp3) is 0.733. The van der Waals surface area contributed by atoms with E-state index in [1.165, 1.54) is 25.5 Å². The van der Waals surface area contributed by atoms with Gasteiger partial charge in [0.1, 0.15) is 6.26 Å². The summed E-state index contributed by atoms with van der Waals surface area (Å²) in [5.74, 6) is 0.253. The lowest BCUT2D eigenvalue weighted by Crippen LogP contribution is -2.37. The summed E-state index contributed by atoms with van der Waals surface area (Å²) in [6, 6.07) is -0.232. The zero-order valence-corrected chi connectivity index (χ0v) is 12.8. The number of likely N-dealkylation sites (tertiary alicyclic amines) is 1. The van der Waals surface area contributed by atoms with E-state index in [1.807, 2.05) is 0 Å². The van der Waals surface area contributed by atoms with Gasteiger partial charge >= 0.3 is 0 Å². The van der Waals surface area contributed by atoms with Crippen molar-refractivity contribution in [1.82, 2.24) is 15.2 Å². The van der Waals surface area contributed by atoms with Crippen molar-refractivity contribution in [2.24, 2.45) is 5.73 Å². The van der Waals surface area contributed by atoms with Crippen molar-refractivity contribution < 1.29 is 9.21 Å². The van der Waals surface area contributed by atoms with Crippen LogP contribution in [0.1, 0.15) is 61.4 Å². The van der Waals surface area contributed by atoms with E-state index in [4.69, 9.17) is 10.2 Å².